The molecule has 1 N–H and O–H groups in total. The second-order valence-corrected chi connectivity index (χ2v) is 4.84. The minimum absolute atomic E-state index is 0.00719. The summed E-state index contributed by atoms with van der Waals surface area (Å²) in [6, 6.07) is 4.00. The molecule has 0 bridgehead atoms. The summed E-state index contributed by atoms with van der Waals surface area (Å²) in [5.74, 6) is -0.0489. The van der Waals surface area contributed by atoms with Crippen molar-refractivity contribution in [1.82, 2.24) is 5.32 Å². The predicted octanol–water partition coefficient (Wildman–Crippen LogP) is 3.02. The molecule has 18 heavy (non-hydrogen) atoms. The van der Waals surface area contributed by atoms with Crippen LogP contribution in [0.25, 0.3) is 0 Å². The Balaban J connectivity index is 2.94. The van der Waals surface area contributed by atoms with Gasteiger partial charge in [0.1, 0.15) is 5.02 Å². The lowest BCUT2D eigenvalue weighted by molar-refractivity contribution is -0.384. The smallest absolute Gasteiger partial charge is 0.288 e. The summed E-state index contributed by atoms with van der Waals surface area (Å²) >= 11 is 5.68. The van der Waals surface area contributed by atoms with Crippen LogP contribution < -0.4 is 5.32 Å². The molecule has 1 aromatic carbocycles. The fourth-order valence-corrected chi connectivity index (χ4v) is 1.44. The number of nitrogens with one attached hydrogen (secondary N) is 1. The highest BCUT2D eigenvalue weighted by molar-refractivity contribution is 6.32. The third-order valence-corrected chi connectivity index (χ3v) is 3.08. The summed E-state index contributed by atoms with van der Waals surface area (Å²) in [4.78, 5) is 22.0. The monoisotopic (exact) mass is 270 g/mol. The fraction of sp³-hybridized carbons (Fsp3) is 0.417. The van der Waals surface area contributed by atoms with Gasteiger partial charge >= 0.3 is 0 Å². The lowest BCUT2D eigenvalue weighted by Crippen LogP contribution is -2.36. The van der Waals surface area contributed by atoms with Crippen molar-refractivity contribution in [3.8, 4) is 0 Å². The number of carbonyl (C=O) groups excluding carboxylic acids is 1. The second kappa shape index (κ2) is 5.82. The number of hydrogen-bond acceptors (Lipinski definition) is 3. The van der Waals surface area contributed by atoms with Gasteiger partial charge in [-0.3, -0.25) is 14.9 Å². The third kappa shape index (κ3) is 3.43. The quantitative estimate of drug-likeness (QED) is 0.675. The maximum absolute atomic E-state index is 11.9. The number of nitro benzene ring substituents is 1. The van der Waals surface area contributed by atoms with Crippen molar-refractivity contribution >= 4 is 23.2 Å². The molecule has 0 saturated heterocycles. The fourth-order valence-electron chi connectivity index (χ4n) is 1.25. The van der Waals surface area contributed by atoms with E-state index in [-0.39, 0.29) is 34.1 Å². The van der Waals surface area contributed by atoms with Gasteiger partial charge in [-0.25, -0.2) is 0 Å². The van der Waals surface area contributed by atoms with Crippen molar-refractivity contribution in [2.45, 2.75) is 26.8 Å². The predicted molar refractivity (Wildman–Crippen MR) is 69.9 cm³/mol. The molecule has 1 aromatic rings. The van der Waals surface area contributed by atoms with Crippen LogP contribution in [-0.4, -0.2) is 16.9 Å². The van der Waals surface area contributed by atoms with Crippen LogP contribution in [0.3, 0.4) is 0 Å². The zero-order valence-electron chi connectivity index (χ0n) is 10.4. The molecule has 6 heteroatoms. The highest BCUT2D eigenvalue weighted by Crippen LogP contribution is 2.25. The molecule has 0 heterocycles. The summed E-state index contributed by atoms with van der Waals surface area (Å²) in [7, 11) is 0. The first-order valence-electron chi connectivity index (χ1n) is 5.57. The van der Waals surface area contributed by atoms with E-state index in [1.165, 1.54) is 18.2 Å². The van der Waals surface area contributed by atoms with Crippen LogP contribution in [0.2, 0.25) is 5.02 Å². The SMILES string of the molecule is CC(C)[C@@H](C)NC(=O)c1ccc(Cl)c([N+](=O)[O-])c1. The molecule has 1 rings (SSSR count). The Labute approximate surface area is 110 Å². The van der Waals surface area contributed by atoms with Crippen molar-refractivity contribution in [2.24, 2.45) is 5.92 Å². The summed E-state index contributed by atoms with van der Waals surface area (Å²) in [6.07, 6.45) is 0. The molecule has 1 amide bonds. The summed E-state index contributed by atoms with van der Waals surface area (Å²) in [5.41, 5.74) is -0.0277. The average Bonchev–Trinajstić information content (AvgIpc) is 2.28. The summed E-state index contributed by atoms with van der Waals surface area (Å²) < 4.78 is 0. The normalized spacial score (nSPS) is 12.3. The lowest BCUT2D eigenvalue weighted by atomic mass is 10.1. The zero-order chi connectivity index (χ0) is 13.9. The van der Waals surface area contributed by atoms with Crippen LogP contribution in [0.1, 0.15) is 31.1 Å². The number of nitrogens with zero attached hydrogens (tertiary/aromatic N) is 1. The number of amides is 1. The van der Waals surface area contributed by atoms with Crippen LogP contribution >= 0.6 is 11.6 Å². The van der Waals surface area contributed by atoms with E-state index in [4.69, 9.17) is 11.6 Å². The van der Waals surface area contributed by atoms with Crippen LogP contribution in [0.4, 0.5) is 5.69 Å². The molecule has 0 saturated carbocycles. The topological polar surface area (TPSA) is 72.2 Å². The van der Waals surface area contributed by atoms with E-state index < -0.39 is 4.92 Å². The molecule has 0 aliphatic carbocycles. The highest BCUT2D eigenvalue weighted by Gasteiger charge is 2.18. The number of benzene rings is 1. The maximum Gasteiger partial charge on any atom is 0.288 e. The standard InChI is InChI=1S/C12H15ClN2O3/c1-7(2)8(3)14-12(16)9-4-5-10(13)11(6-9)15(17)18/h4-8H,1-3H3,(H,14,16)/t8-/m1/s1. The minimum Gasteiger partial charge on any atom is -0.349 e. The number of nitro groups is 1. The Morgan fingerprint density at radius 2 is 2.00 bits per heavy atom. The van der Waals surface area contributed by atoms with Crippen molar-refractivity contribution in [3.05, 3.63) is 38.9 Å². The Bertz CT molecular complexity index is 474. The van der Waals surface area contributed by atoms with Crippen LogP contribution in [0.15, 0.2) is 18.2 Å². The number of hydrogen-bond donors (Lipinski definition) is 1. The largest absolute Gasteiger partial charge is 0.349 e. The first-order chi connectivity index (χ1) is 8.32. The second-order valence-electron chi connectivity index (χ2n) is 4.43. The molecule has 0 unspecified atom stereocenters. The van der Waals surface area contributed by atoms with E-state index in [0.29, 0.717) is 0 Å². The Morgan fingerprint density at radius 1 is 1.39 bits per heavy atom. The molecule has 5 nitrogen and oxygen atoms in total. The van der Waals surface area contributed by atoms with Gasteiger partial charge in [0.2, 0.25) is 0 Å². The molecule has 1 atom stereocenters. The summed E-state index contributed by atoms with van der Waals surface area (Å²) in [6.45, 7) is 5.84. The Hall–Kier alpha value is -1.62. The van der Waals surface area contributed by atoms with E-state index in [0.717, 1.165) is 0 Å². The van der Waals surface area contributed by atoms with Gasteiger partial charge in [0.25, 0.3) is 11.6 Å². The number of halogens is 1. The third-order valence-electron chi connectivity index (χ3n) is 2.76. The van der Waals surface area contributed by atoms with E-state index in [9.17, 15) is 14.9 Å². The van der Waals surface area contributed by atoms with Crippen LogP contribution in [-0.2, 0) is 0 Å². The first-order valence-corrected chi connectivity index (χ1v) is 5.95. The van der Waals surface area contributed by atoms with E-state index in [1.807, 2.05) is 20.8 Å². The molecule has 0 aliphatic heterocycles. The average molecular weight is 271 g/mol. The van der Waals surface area contributed by atoms with Gasteiger partial charge in [-0.05, 0) is 25.0 Å². The van der Waals surface area contributed by atoms with Gasteiger partial charge in [0, 0.05) is 17.7 Å². The van der Waals surface area contributed by atoms with Gasteiger partial charge < -0.3 is 5.32 Å². The van der Waals surface area contributed by atoms with Gasteiger partial charge in [-0.2, -0.15) is 0 Å². The number of carbonyl (C=O) groups is 1. The van der Waals surface area contributed by atoms with E-state index in [2.05, 4.69) is 5.32 Å². The van der Waals surface area contributed by atoms with Crippen LogP contribution in [0.5, 0.6) is 0 Å². The van der Waals surface area contributed by atoms with Crippen molar-refractivity contribution in [3.63, 3.8) is 0 Å². The highest BCUT2D eigenvalue weighted by atomic mass is 35.5. The zero-order valence-corrected chi connectivity index (χ0v) is 11.2. The van der Waals surface area contributed by atoms with Gasteiger partial charge in [-0.1, -0.05) is 25.4 Å². The van der Waals surface area contributed by atoms with Gasteiger partial charge in [-0.15, -0.1) is 0 Å². The molecule has 0 radical (unpaired) electrons. The molecule has 0 aliphatic rings. The molecule has 0 aromatic heterocycles. The minimum atomic E-state index is -0.606. The van der Waals surface area contributed by atoms with Crippen molar-refractivity contribution < 1.29 is 9.72 Å². The number of rotatable bonds is 4. The van der Waals surface area contributed by atoms with E-state index >= 15 is 0 Å². The van der Waals surface area contributed by atoms with E-state index in [1.54, 1.807) is 0 Å². The molecule has 0 spiro atoms. The summed E-state index contributed by atoms with van der Waals surface area (Å²) in [5, 5.41) is 13.5. The molecular formula is C12H15ClN2O3. The Morgan fingerprint density at radius 3 is 2.50 bits per heavy atom. The van der Waals surface area contributed by atoms with Crippen molar-refractivity contribution in [2.75, 3.05) is 0 Å². The molecular weight excluding hydrogens is 256 g/mol. The van der Waals surface area contributed by atoms with Gasteiger partial charge in [0.15, 0.2) is 0 Å². The Kier molecular flexibility index (Phi) is 4.67. The van der Waals surface area contributed by atoms with Crippen molar-refractivity contribution in [1.29, 1.82) is 0 Å². The van der Waals surface area contributed by atoms with Gasteiger partial charge in [0.05, 0.1) is 4.92 Å². The molecule has 98 valence electrons. The lowest BCUT2D eigenvalue weighted by Gasteiger charge is -2.17. The molecule has 0 fully saturated rings. The first kappa shape index (κ1) is 14.4. The maximum atomic E-state index is 11.9. The van der Waals surface area contributed by atoms with Crippen LogP contribution in [0, 0.1) is 16.0 Å².